The molecule has 0 aliphatic carbocycles. The third kappa shape index (κ3) is 4.37. The fourth-order valence-electron chi connectivity index (χ4n) is 6.37. The number of aryl methyl sites for hydroxylation is 1. The Kier molecular flexibility index (Phi) is 6.74. The van der Waals surface area contributed by atoms with E-state index in [4.69, 9.17) is 4.74 Å². The summed E-state index contributed by atoms with van der Waals surface area (Å²) in [6.45, 7) is 4.27. The standard InChI is InChI=1S/C29H33FN4O5/c1-17(27(36)37)25-26-24(20-10-9-19(39-4)15-23(20)32(26)3)29(16-34(25)18(2)35)11-13-33(14-12-29)28(38)31-22-8-6-5-7-21(22)30/h5-10,15,17,25H,11-14,16H2,1-4H3,(H,31,38)(H,36,37)/t17-,25?/m1/s1. The smallest absolute Gasteiger partial charge is 0.321 e. The number of carboxylic acid groups (broad SMARTS) is 1. The van der Waals surface area contributed by atoms with Crippen LogP contribution in [-0.4, -0.2) is 64.1 Å². The highest BCUT2D eigenvalue weighted by Gasteiger charge is 2.51. The first-order chi connectivity index (χ1) is 18.6. The predicted octanol–water partition coefficient (Wildman–Crippen LogP) is 4.52. The first-order valence-electron chi connectivity index (χ1n) is 13.0. The molecule has 39 heavy (non-hydrogen) atoms. The van der Waals surface area contributed by atoms with Crippen molar-refractivity contribution < 1.29 is 28.6 Å². The zero-order valence-corrected chi connectivity index (χ0v) is 22.5. The summed E-state index contributed by atoms with van der Waals surface area (Å²) in [5.74, 6) is -1.82. The predicted molar refractivity (Wildman–Crippen MR) is 144 cm³/mol. The van der Waals surface area contributed by atoms with Gasteiger partial charge in [-0.25, -0.2) is 9.18 Å². The van der Waals surface area contributed by atoms with Gasteiger partial charge in [0.25, 0.3) is 0 Å². The van der Waals surface area contributed by atoms with E-state index in [-0.39, 0.29) is 17.6 Å². The van der Waals surface area contributed by atoms with E-state index in [0.717, 1.165) is 22.2 Å². The number of nitrogens with zero attached hydrogens (tertiary/aromatic N) is 3. The van der Waals surface area contributed by atoms with E-state index in [9.17, 15) is 23.9 Å². The van der Waals surface area contributed by atoms with Gasteiger partial charge in [-0.1, -0.05) is 12.1 Å². The molecule has 1 fully saturated rings. The molecule has 2 aliphatic rings. The summed E-state index contributed by atoms with van der Waals surface area (Å²) >= 11 is 0. The number of aromatic nitrogens is 1. The highest BCUT2D eigenvalue weighted by atomic mass is 19.1. The van der Waals surface area contributed by atoms with Gasteiger partial charge in [0.2, 0.25) is 5.91 Å². The van der Waals surface area contributed by atoms with E-state index in [1.807, 2.05) is 29.8 Å². The molecule has 5 rings (SSSR count). The van der Waals surface area contributed by atoms with Crippen LogP contribution in [0.25, 0.3) is 10.9 Å². The molecule has 1 spiro atoms. The molecular weight excluding hydrogens is 503 g/mol. The number of rotatable bonds is 4. The molecule has 10 heteroatoms. The van der Waals surface area contributed by atoms with Crippen molar-refractivity contribution in [2.24, 2.45) is 13.0 Å². The minimum atomic E-state index is -0.976. The van der Waals surface area contributed by atoms with Gasteiger partial charge in [-0.15, -0.1) is 0 Å². The van der Waals surface area contributed by atoms with Crippen LogP contribution in [0.4, 0.5) is 14.9 Å². The Morgan fingerprint density at radius 3 is 2.46 bits per heavy atom. The molecule has 206 valence electrons. The van der Waals surface area contributed by atoms with Gasteiger partial charge in [-0.2, -0.15) is 0 Å². The van der Waals surface area contributed by atoms with Crippen molar-refractivity contribution in [1.29, 1.82) is 0 Å². The van der Waals surface area contributed by atoms with E-state index in [0.29, 0.717) is 38.2 Å². The van der Waals surface area contributed by atoms with Crippen LogP contribution in [-0.2, 0) is 22.1 Å². The number of carbonyl (C=O) groups is 3. The second kappa shape index (κ2) is 9.91. The molecule has 3 amide bonds. The lowest BCUT2D eigenvalue weighted by atomic mass is 9.67. The minimum absolute atomic E-state index is 0.124. The van der Waals surface area contributed by atoms with Gasteiger partial charge < -0.3 is 29.5 Å². The molecule has 1 saturated heterocycles. The number of hydrogen-bond acceptors (Lipinski definition) is 4. The van der Waals surface area contributed by atoms with Crippen LogP contribution in [0.1, 0.15) is 44.0 Å². The van der Waals surface area contributed by atoms with Gasteiger partial charge in [-0.3, -0.25) is 9.59 Å². The second-order valence-corrected chi connectivity index (χ2v) is 10.6. The summed E-state index contributed by atoms with van der Waals surface area (Å²) in [7, 11) is 3.50. The largest absolute Gasteiger partial charge is 0.497 e. The number of aliphatic carboxylic acids is 1. The highest BCUT2D eigenvalue weighted by molar-refractivity contribution is 5.91. The van der Waals surface area contributed by atoms with Crippen molar-refractivity contribution in [2.45, 2.75) is 38.1 Å². The number of piperidine rings is 1. The van der Waals surface area contributed by atoms with Crippen molar-refractivity contribution in [3.8, 4) is 5.75 Å². The Hall–Kier alpha value is -4.08. The van der Waals surface area contributed by atoms with Crippen LogP contribution in [0.3, 0.4) is 0 Å². The Morgan fingerprint density at radius 2 is 1.85 bits per heavy atom. The number of carbonyl (C=O) groups excluding carboxylic acids is 2. The Labute approximate surface area is 226 Å². The molecule has 2 aromatic carbocycles. The summed E-state index contributed by atoms with van der Waals surface area (Å²) in [4.78, 5) is 41.6. The van der Waals surface area contributed by atoms with Crippen LogP contribution in [0.15, 0.2) is 42.5 Å². The average molecular weight is 537 g/mol. The Morgan fingerprint density at radius 1 is 1.15 bits per heavy atom. The lowest BCUT2D eigenvalue weighted by molar-refractivity contribution is -0.147. The van der Waals surface area contributed by atoms with E-state index in [2.05, 4.69) is 5.32 Å². The number of para-hydroxylation sites is 1. The molecule has 9 nitrogen and oxygen atoms in total. The highest BCUT2D eigenvalue weighted by Crippen LogP contribution is 2.52. The quantitative estimate of drug-likeness (QED) is 0.511. The zero-order valence-electron chi connectivity index (χ0n) is 22.5. The molecule has 1 aromatic heterocycles. The van der Waals surface area contributed by atoms with Crippen molar-refractivity contribution >= 4 is 34.5 Å². The third-order valence-electron chi connectivity index (χ3n) is 8.46. The number of methoxy groups -OCH3 is 1. The Balaban J connectivity index is 1.57. The monoisotopic (exact) mass is 536 g/mol. The number of halogens is 1. The van der Waals surface area contributed by atoms with Gasteiger partial charge in [0, 0.05) is 56.2 Å². The number of fused-ring (bicyclic) bond motifs is 4. The number of carboxylic acids is 1. The number of benzene rings is 2. The number of nitrogens with one attached hydrogen (secondary N) is 1. The maximum absolute atomic E-state index is 14.1. The number of urea groups is 1. The van der Waals surface area contributed by atoms with Crippen molar-refractivity contribution in [3.05, 3.63) is 59.5 Å². The molecule has 0 radical (unpaired) electrons. The van der Waals surface area contributed by atoms with Crippen LogP contribution in [0.2, 0.25) is 0 Å². The number of hydrogen-bond donors (Lipinski definition) is 2. The van der Waals surface area contributed by atoms with Gasteiger partial charge in [0.05, 0.1) is 30.3 Å². The lowest BCUT2D eigenvalue weighted by Gasteiger charge is -2.51. The van der Waals surface area contributed by atoms with E-state index >= 15 is 0 Å². The molecule has 2 N–H and O–H groups in total. The summed E-state index contributed by atoms with van der Waals surface area (Å²) < 4.78 is 21.6. The molecular formula is C29H33FN4O5. The minimum Gasteiger partial charge on any atom is -0.497 e. The number of anilines is 1. The SMILES string of the molecule is COc1ccc2c3c(n(C)c2c1)C([C@@H](C)C(=O)O)N(C(C)=O)CC31CCN(C(=O)Nc2ccccc2F)CC1. The van der Waals surface area contributed by atoms with Crippen LogP contribution < -0.4 is 10.1 Å². The van der Waals surface area contributed by atoms with Crippen molar-refractivity contribution in [1.82, 2.24) is 14.4 Å². The first kappa shape index (κ1) is 26.5. The second-order valence-electron chi connectivity index (χ2n) is 10.6. The zero-order chi connectivity index (χ0) is 28.1. The summed E-state index contributed by atoms with van der Waals surface area (Å²) in [6.07, 6.45) is 1.13. The number of likely N-dealkylation sites (tertiary alicyclic amines) is 1. The van der Waals surface area contributed by atoms with E-state index in [1.54, 1.807) is 36.0 Å². The van der Waals surface area contributed by atoms with Gasteiger partial charge in [-0.05, 0) is 49.6 Å². The molecule has 3 heterocycles. The summed E-state index contributed by atoms with van der Waals surface area (Å²) in [5, 5.41) is 13.7. The lowest BCUT2D eigenvalue weighted by Crippen LogP contribution is -2.57. The van der Waals surface area contributed by atoms with E-state index in [1.165, 1.54) is 19.1 Å². The molecule has 2 aliphatic heterocycles. The maximum atomic E-state index is 14.1. The van der Waals surface area contributed by atoms with Crippen LogP contribution in [0, 0.1) is 11.7 Å². The first-order valence-corrected chi connectivity index (χ1v) is 13.0. The van der Waals surface area contributed by atoms with Crippen molar-refractivity contribution in [2.75, 3.05) is 32.1 Å². The van der Waals surface area contributed by atoms with Gasteiger partial charge >= 0.3 is 12.0 Å². The fourth-order valence-corrected chi connectivity index (χ4v) is 6.37. The van der Waals surface area contributed by atoms with Gasteiger partial charge in [0.1, 0.15) is 11.6 Å². The molecule has 1 unspecified atom stereocenters. The molecule has 3 aromatic rings. The van der Waals surface area contributed by atoms with Gasteiger partial charge in [0.15, 0.2) is 0 Å². The third-order valence-corrected chi connectivity index (χ3v) is 8.46. The molecule has 2 atom stereocenters. The summed E-state index contributed by atoms with van der Waals surface area (Å²) in [6, 6.07) is 10.8. The van der Waals surface area contributed by atoms with Crippen molar-refractivity contribution in [3.63, 3.8) is 0 Å². The fraction of sp³-hybridized carbons (Fsp3) is 0.414. The topological polar surface area (TPSA) is 104 Å². The normalized spacial score (nSPS) is 19.1. The molecule has 0 bridgehead atoms. The summed E-state index contributed by atoms with van der Waals surface area (Å²) in [5.41, 5.74) is 2.37. The van der Waals surface area contributed by atoms with Crippen LogP contribution >= 0.6 is 0 Å². The van der Waals surface area contributed by atoms with Crippen LogP contribution in [0.5, 0.6) is 5.75 Å². The Bertz CT molecular complexity index is 1460. The molecule has 0 saturated carbocycles. The average Bonchev–Trinajstić information content (AvgIpc) is 3.22. The van der Waals surface area contributed by atoms with E-state index < -0.39 is 29.2 Å². The number of amides is 3. The maximum Gasteiger partial charge on any atom is 0.321 e. The number of ether oxygens (including phenoxy) is 1.